The molecular formula is C16H24O4. The maximum absolute atomic E-state index is 11.4. The number of hydrogen-bond donors (Lipinski definition) is 1. The monoisotopic (exact) mass is 280 g/mol. The van der Waals surface area contributed by atoms with Gasteiger partial charge in [-0.2, -0.15) is 0 Å². The number of carbonyl (C=O) groups is 1. The first-order valence-corrected chi connectivity index (χ1v) is 6.72. The van der Waals surface area contributed by atoms with Gasteiger partial charge in [0.1, 0.15) is 5.41 Å². The molecule has 1 N–H and O–H groups in total. The summed E-state index contributed by atoms with van der Waals surface area (Å²) in [4.78, 5) is 11.4. The van der Waals surface area contributed by atoms with Crippen molar-refractivity contribution in [1.82, 2.24) is 0 Å². The molecule has 0 aliphatic heterocycles. The molecule has 0 saturated carbocycles. The quantitative estimate of drug-likeness (QED) is 0.833. The zero-order valence-corrected chi connectivity index (χ0v) is 12.7. The molecular weight excluding hydrogens is 256 g/mol. The third-order valence-electron chi connectivity index (χ3n) is 2.87. The Morgan fingerprint density at radius 2 is 1.70 bits per heavy atom. The Balaban J connectivity index is 2.52. The van der Waals surface area contributed by atoms with E-state index in [-0.39, 0.29) is 18.8 Å². The highest BCUT2D eigenvalue weighted by atomic mass is 16.5. The van der Waals surface area contributed by atoms with Crippen LogP contribution in [0.25, 0.3) is 0 Å². The summed E-state index contributed by atoms with van der Waals surface area (Å²) in [7, 11) is 0. The average molecular weight is 280 g/mol. The number of carboxylic acids is 1. The molecule has 0 spiro atoms. The van der Waals surface area contributed by atoms with Crippen LogP contribution in [-0.2, 0) is 20.9 Å². The number of ether oxygens (including phenoxy) is 2. The summed E-state index contributed by atoms with van der Waals surface area (Å²) >= 11 is 0. The van der Waals surface area contributed by atoms with Gasteiger partial charge in [-0.15, -0.1) is 0 Å². The SMILES string of the molecule is CC(C)(C)OC[C@](C)(COCc1ccccc1)C(=O)O. The molecule has 0 aliphatic carbocycles. The molecule has 1 rings (SSSR count). The lowest BCUT2D eigenvalue weighted by Crippen LogP contribution is -2.40. The minimum atomic E-state index is -1.04. The topological polar surface area (TPSA) is 55.8 Å². The van der Waals surface area contributed by atoms with Gasteiger partial charge in [0.05, 0.1) is 25.4 Å². The Hall–Kier alpha value is -1.39. The van der Waals surface area contributed by atoms with Crippen LogP contribution in [0.15, 0.2) is 30.3 Å². The largest absolute Gasteiger partial charge is 0.481 e. The van der Waals surface area contributed by atoms with Crippen molar-refractivity contribution in [3.05, 3.63) is 35.9 Å². The fourth-order valence-corrected chi connectivity index (χ4v) is 1.51. The van der Waals surface area contributed by atoms with Crippen LogP contribution in [0, 0.1) is 5.41 Å². The van der Waals surface area contributed by atoms with Gasteiger partial charge in [0, 0.05) is 0 Å². The highest BCUT2D eigenvalue weighted by Gasteiger charge is 2.35. The lowest BCUT2D eigenvalue weighted by molar-refractivity contribution is -0.161. The summed E-state index contributed by atoms with van der Waals surface area (Å²) in [5.41, 5.74) is -0.380. The Bertz CT molecular complexity index is 422. The summed E-state index contributed by atoms with van der Waals surface area (Å²) in [5.74, 6) is -0.908. The molecule has 0 bridgehead atoms. The number of carboxylic acid groups (broad SMARTS) is 1. The second-order valence-corrected chi connectivity index (χ2v) is 6.25. The summed E-state index contributed by atoms with van der Waals surface area (Å²) in [6.07, 6.45) is 0. The molecule has 0 unspecified atom stereocenters. The number of benzene rings is 1. The standard InChI is InChI=1S/C16H24O4/c1-15(2,3)20-12-16(4,14(17)18)11-19-10-13-8-6-5-7-9-13/h5-9H,10-12H2,1-4H3,(H,17,18)/t16-/m0/s1. The smallest absolute Gasteiger partial charge is 0.314 e. The van der Waals surface area contributed by atoms with Gasteiger partial charge in [0.2, 0.25) is 0 Å². The van der Waals surface area contributed by atoms with Crippen molar-refractivity contribution < 1.29 is 19.4 Å². The van der Waals surface area contributed by atoms with Crippen molar-refractivity contribution in [2.75, 3.05) is 13.2 Å². The highest BCUT2D eigenvalue weighted by molar-refractivity contribution is 5.74. The maximum Gasteiger partial charge on any atom is 0.314 e. The van der Waals surface area contributed by atoms with Crippen LogP contribution in [0.1, 0.15) is 33.3 Å². The van der Waals surface area contributed by atoms with Gasteiger partial charge in [0.15, 0.2) is 0 Å². The third-order valence-corrected chi connectivity index (χ3v) is 2.87. The molecule has 1 aromatic rings. The molecule has 1 atom stereocenters. The van der Waals surface area contributed by atoms with Crippen molar-refractivity contribution in [2.45, 2.75) is 39.9 Å². The molecule has 0 amide bonds. The van der Waals surface area contributed by atoms with Crippen LogP contribution in [0.5, 0.6) is 0 Å². The molecule has 4 nitrogen and oxygen atoms in total. The zero-order chi connectivity index (χ0) is 15.2. The molecule has 4 heteroatoms. The third kappa shape index (κ3) is 5.72. The normalized spacial score (nSPS) is 14.8. The fraction of sp³-hybridized carbons (Fsp3) is 0.562. The summed E-state index contributed by atoms with van der Waals surface area (Å²) in [6, 6.07) is 9.69. The molecule has 1 aromatic carbocycles. The van der Waals surface area contributed by atoms with Crippen LogP contribution in [0.4, 0.5) is 0 Å². The lowest BCUT2D eigenvalue weighted by atomic mass is 9.93. The van der Waals surface area contributed by atoms with Gasteiger partial charge in [-0.3, -0.25) is 4.79 Å². The van der Waals surface area contributed by atoms with Gasteiger partial charge in [-0.05, 0) is 33.3 Å². The van der Waals surface area contributed by atoms with E-state index in [1.807, 2.05) is 51.1 Å². The predicted molar refractivity (Wildman–Crippen MR) is 77.5 cm³/mol. The maximum atomic E-state index is 11.4. The van der Waals surface area contributed by atoms with Gasteiger partial charge in [-0.25, -0.2) is 0 Å². The number of rotatable bonds is 7. The van der Waals surface area contributed by atoms with Crippen LogP contribution >= 0.6 is 0 Å². The minimum Gasteiger partial charge on any atom is -0.481 e. The number of hydrogen-bond acceptors (Lipinski definition) is 3. The molecule has 0 saturated heterocycles. The second-order valence-electron chi connectivity index (χ2n) is 6.25. The van der Waals surface area contributed by atoms with Crippen molar-refractivity contribution in [1.29, 1.82) is 0 Å². The van der Waals surface area contributed by atoms with E-state index < -0.39 is 11.4 Å². The van der Waals surface area contributed by atoms with E-state index in [0.29, 0.717) is 6.61 Å². The Labute approximate surface area is 120 Å². The van der Waals surface area contributed by atoms with Gasteiger partial charge in [0.25, 0.3) is 0 Å². The van der Waals surface area contributed by atoms with Crippen LogP contribution in [0.3, 0.4) is 0 Å². The number of aliphatic carboxylic acids is 1. The molecule has 0 aliphatic rings. The Morgan fingerprint density at radius 3 is 2.20 bits per heavy atom. The van der Waals surface area contributed by atoms with E-state index >= 15 is 0 Å². The molecule has 0 radical (unpaired) electrons. The van der Waals surface area contributed by atoms with E-state index in [2.05, 4.69) is 0 Å². The Kier molecular flexibility index (Phi) is 5.72. The predicted octanol–water partition coefficient (Wildman–Crippen LogP) is 3.11. The first-order valence-electron chi connectivity index (χ1n) is 6.72. The van der Waals surface area contributed by atoms with Gasteiger partial charge in [-0.1, -0.05) is 30.3 Å². The summed E-state index contributed by atoms with van der Waals surface area (Å²) in [5, 5.41) is 9.37. The summed E-state index contributed by atoms with van der Waals surface area (Å²) < 4.78 is 11.1. The van der Waals surface area contributed by atoms with Crippen molar-refractivity contribution >= 4 is 5.97 Å². The van der Waals surface area contributed by atoms with E-state index in [0.717, 1.165) is 5.56 Å². The molecule has 0 aromatic heterocycles. The first-order chi connectivity index (χ1) is 9.23. The van der Waals surface area contributed by atoms with Crippen LogP contribution in [0.2, 0.25) is 0 Å². The minimum absolute atomic E-state index is 0.118. The Morgan fingerprint density at radius 1 is 1.10 bits per heavy atom. The first kappa shape index (κ1) is 16.7. The zero-order valence-electron chi connectivity index (χ0n) is 12.7. The average Bonchev–Trinajstić information content (AvgIpc) is 2.37. The fourth-order valence-electron chi connectivity index (χ4n) is 1.51. The van der Waals surface area contributed by atoms with Crippen LogP contribution in [-0.4, -0.2) is 29.9 Å². The second kappa shape index (κ2) is 6.86. The van der Waals surface area contributed by atoms with Crippen molar-refractivity contribution in [3.8, 4) is 0 Å². The van der Waals surface area contributed by atoms with Gasteiger partial charge < -0.3 is 14.6 Å². The van der Waals surface area contributed by atoms with E-state index in [1.54, 1.807) is 6.92 Å². The molecule has 0 heterocycles. The molecule has 112 valence electrons. The highest BCUT2D eigenvalue weighted by Crippen LogP contribution is 2.22. The van der Waals surface area contributed by atoms with Crippen LogP contribution < -0.4 is 0 Å². The van der Waals surface area contributed by atoms with E-state index in [1.165, 1.54) is 0 Å². The summed E-state index contributed by atoms with van der Waals surface area (Å²) in [6.45, 7) is 8.00. The lowest BCUT2D eigenvalue weighted by Gasteiger charge is -2.29. The van der Waals surface area contributed by atoms with Gasteiger partial charge >= 0.3 is 5.97 Å². The van der Waals surface area contributed by atoms with Crippen molar-refractivity contribution in [2.24, 2.45) is 5.41 Å². The van der Waals surface area contributed by atoms with E-state index in [9.17, 15) is 9.90 Å². The van der Waals surface area contributed by atoms with E-state index in [4.69, 9.17) is 9.47 Å². The van der Waals surface area contributed by atoms with Crippen molar-refractivity contribution in [3.63, 3.8) is 0 Å². The molecule has 0 fully saturated rings. The molecule has 20 heavy (non-hydrogen) atoms.